The van der Waals surface area contributed by atoms with Crippen LogP contribution in [0.5, 0.6) is 0 Å². The number of carbonyl (C=O) groups is 1. The zero-order valence-electron chi connectivity index (χ0n) is 16.1. The normalized spacial score (nSPS) is 11.1. The van der Waals surface area contributed by atoms with E-state index in [4.69, 9.17) is 16.0 Å². The number of halogens is 2. The molecule has 0 saturated heterocycles. The van der Waals surface area contributed by atoms with Gasteiger partial charge in [-0.25, -0.2) is 4.98 Å². The molecule has 0 unspecified atom stereocenters. The molecule has 1 heterocycles. The van der Waals surface area contributed by atoms with Crippen molar-refractivity contribution in [3.8, 4) is 11.5 Å². The van der Waals surface area contributed by atoms with E-state index in [1.807, 2.05) is 44.2 Å². The lowest BCUT2D eigenvalue weighted by Gasteiger charge is -2.12. The van der Waals surface area contributed by atoms with Crippen molar-refractivity contribution in [2.75, 3.05) is 5.32 Å². The Balaban J connectivity index is 1.71. The van der Waals surface area contributed by atoms with E-state index in [2.05, 4.69) is 33.2 Å². The van der Waals surface area contributed by atoms with E-state index >= 15 is 0 Å². The highest BCUT2D eigenvalue weighted by Gasteiger charge is 2.16. The third kappa shape index (κ3) is 3.80. The molecular weight excluding hydrogens is 452 g/mol. The number of carbonyl (C=O) groups excluding carboxylic acids is 1. The summed E-state index contributed by atoms with van der Waals surface area (Å²) in [5.74, 6) is 0.249. The standard InChI is InChI=1S/C23H18BrClN2O2/c1-12-9-20-21(10-13(12)2)29-23(27-20)16-5-4-6-19(14(16)3)26-22(28)17-11-15(24)7-8-18(17)25/h4-11H,1-3H3,(H,26,28). The second-order valence-electron chi connectivity index (χ2n) is 6.98. The third-order valence-electron chi connectivity index (χ3n) is 4.99. The van der Waals surface area contributed by atoms with Crippen LogP contribution in [0.25, 0.3) is 22.6 Å². The van der Waals surface area contributed by atoms with Crippen LogP contribution in [0.3, 0.4) is 0 Å². The fraction of sp³-hybridized carbons (Fsp3) is 0.130. The topological polar surface area (TPSA) is 55.1 Å². The minimum absolute atomic E-state index is 0.277. The first kappa shape index (κ1) is 19.7. The maximum Gasteiger partial charge on any atom is 0.257 e. The number of aryl methyl sites for hydroxylation is 2. The Hall–Kier alpha value is -2.63. The van der Waals surface area contributed by atoms with Gasteiger partial charge < -0.3 is 9.73 Å². The monoisotopic (exact) mass is 468 g/mol. The zero-order chi connectivity index (χ0) is 20.7. The van der Waals surface area contributed by atoms with Gasteiger partial charge in [-0.2, -0.15) is 0 Å². The quantitative estimate of drug-likeness (QED) is 0.348. The molecule has 4 aromatic rings. The number of amides is 1. The lowest BCUT2D eigenvalue weighted by Crippen LogP contribution is -2.13. The van der Waals surface area contributed by atoms with Crippen molar-refractivity contribution >= 4 is 50.2 Å². The second kappa shape index (κ2) is 7.65. The fourth-order valence-corrected chi connectivity index (χ4v) is 3.72. The molecule has 0 aliphatic heterocycles. The number of aromatic nitrogens is 1. The van der Waals surface area contributed by atoms with Crippen molar-refractivity contribution < 1.29 is 9.21 Å². The molecule has 0 bridgehead atoms. The van der Waals surface area contributed by atoms with Crippen LogP contribution in [0.2, 0.25) is 5.02 Å². The number of benzene rings is 3. The molecular formula is C23H18BrClN2O2. The summed E-state index contributed by atoms with van der Waals surface area (Å²) in [4.78, 5) is 17.4. The molecule has 6 heteroatoms. The van der Waals surface area contributed by atoms with E-state index in [-0.39, 0.29) is 5.91 Å². The van der Waals surface area contributed by atoms with E-state index in [0.29, 0.717) is 22.2 Å². The third-order valence-corrected chi connectivity index (χ3v) is 5.81. The van der Waals surface area contributed by atoms with Crippen LogP contribution < -0.4 is 5.32 Å². The van der Waals surface area contributed by atoms with Crippen LogP contribution in [0.4, 0.5) is 5.69 Å². The maximum atomic E-state index is 12.7. The van der Waals surface area contributed by atoms with Gasteiger partial charge in [0.1, 0.15) is 5.52 Å². The van der Waals surface area contributed by atoms with Gasteiger partial charge in [0.2, 0.25) is 5.89 Å². The van der Waals surface area contributed by atoms with Crippen LogP contribution in [-0.2, 0) is 0 Å². The average molecular weight is 470 g/mol. The zero-order valence-corrected chi connectivity index (χ0v) is 18.5. The number of rotatable bonds is 3. The van der Waals surface area contributed by atoms with Gasteiger partial charge in [-0.15, -0.1) is 0 Å². The van der Waals surface area contributed by atoms with Gasteiger partial charge in [0.05, 0.1) is 10.6 Å². The Morgan fingerprint density at radius 3 is 2.62 bits per heavy atom. The van der Waals surface area contributed by atoms with Gasteiger partial charge >= 0.3 is 0 Å². The predicted octanol–water partition coefficient (Wildman–Crippen LogP) is 7.09. The van der Waals surface area contributed by atoms with Gasteiger partial charge in [0.15, 0.2) is 5.58 Å². The molecule has 0 saturated carbocycles. The Morgan fingerprint density at radius 1 is 1.07 bits per heavy atom. The first-order chi connectivity index (χ1) is 13.8. The molecule has 1 aromatic heterocycles. The Labute approximate surface area is 182 Å². The summed E-state index contributed by atoms with van der Waals surface area (Å²) in [5.41, 5.74) is 6.67. The molecule has 4 rings (SSSR count). The smallest absolute Gasteiger partial charge is 0.257 e. The number of nitrogens with one attached hydrogen (secondary N) is 1. The largest absolute Gasteiger partial charge is 0.436 e. The molecule has 1 N–H and O–H groups in total. The molecule has 0 fully saturated rings. The van der Waals surface area contributed by atoms with E-state index in [0.717, 1.165) is 32.3 Å². The summed E-state index contributed by atoms with van der Waals surface area (Å²) in [6.45, 7) is 6.03. The van der Waals surface area contributed by atoms with Crippen molar-refractivity contribution in [1.82, 2.24) is 4.98 Å². The second-order valence-corrected chi connectivity index (χ2v) is 8.30. The lowest BCUT2D eigenvalue weighted by atomic mass is 10.1. The summed E-state index contributed by atoms with van der Waals surface area (Å²) in [6.07, 6.45) is 0. The SMILES string of the molecule is Cc1cc2nc(-c3cccc(NC(=O)c4cc(Br)ccc4Cl)c3C)oc2cc1C. The molecule has 0 aliphatic rings. The van der Waals surface area contributed by atoms with Crippen molar-refractivity contribution in [3.63, 3.8) is 0 Å². The molecule has 0 spiro atoms. The van der Waals surface area contributed by atoms with Gasteiger partial charge in [-0.1, -0.05) is 33.6 Å². The van der Waals surface area contributed by atoms with Gasteiger partial charge in [-0.3, -0.25) is 4.79 Å². The Morgan fingerprint density at radius 2 is 1.83 bits per heavy atom. The number of hydrogen-bond donors (Lipinski definition) is 1. The summed E-state index contributed by atoms with van der Waals surface area (Å²) in [5, 5.41) is 3.34. The van der Waals surface area contributed by atoms with E-state index in [1.165, 1.54) is 5.56 Å². The van der Waals surface area contributed by atoms with Crippen molar-refractivity contribution in [2.45, 2.75) is 20.8 Å². The molecule has 146 valence electrons. The first-order valence-electron chi connectivity index (χ1n) is 9.07. The minimum Gasteiger partial charge on any atom is -0.436 e. The highest BCUT2D eigenvalue weighted by molar-refractivity contribution is 9.10. The first-order valence-corrected chi connectivity index (χ1v) is 10.2. The van der Waals surface area contributed by atoms with E-state index < -0.39 is 0 Å². The molecule has 3 aromatic carbocycles. The summed E-state index contributed by atoms with van der Waals surface area (Å²) >= 11 is 9.56. The maximum absolute atomic E-state index is 12.7. The van der Waals surface area contributed by atoms with Gasteiger partial charge in [0.25, 0.3) is 5.91 Å². The Bertz CT molecular complexity index is 1220. The van der Waals surface area contributed by atoms with Crippen LogP contribution >= 0.6 is 27.5 Å². The van der Waals surface area contributed by atoms with Crippen LogP contribution in [0.15, 0.2) is 57.4 Å². The number of anilines is 1. The Kier molecular flexibility index (Phi) is 5.19. The number of oxazole rings is 1. The summed E-state index contributed by atoms with van der Waals surface area (Å²) in [6, 6.07) is 14.8. The fourth-order valence-electron chi connectivity index (χ4n) is 3.16. The average Bonchev–Trinajstić information content (AvgIpc) is 3.08. The predicted molar refractivity (Wildman–Crippen MR) is 121 cm³/mol. The van der Waals surface area contributed by atoms with Crippen LogP contribution in [-0.4, -0.2) is 10.9 Å². The van der Waals surface area contributed by atoms with E-state index in [9.17, 15) is 4.79 Å². The van der Waals surface area contributed by atoms with Gasteiger partial charge in [-0.05, 0) is 79.9 Å². The van der Waals surface area contributed by atoms with Crippen LogP contribution in [0.1, 0.15) is 27.0 Å². The molecule has 0 aliphatic carbocycles. The molecule has 1 amide bonds. The number of fused-ring (bicyclic) bond motifs is 1. The van der Waals surface area contributed by atoms with Gasteiger partial charge in [0, 0.05) is 15.7 Å². The lowest BCUT2D eigenvalue weighted by molar-refractivity contribution is 0.102. The molecule has 0 radical (unpaired) electrons. The molecule has 4 nitrogen and oxygen atoms in total. The van der Waals surface area contributed by atoms with Crippen molar-refractivity contribution in [3.05, 3.63) is 80.3 Å². The number of nitrogens with zero attached hydrogens (tertiary/aromatic N) is 1. The highest BCUT2D eigenvalue weighted by Crippen LogP contribution is 2.32. The summed E-state index contributed by atoms with van der Waals surface area (Å²) < 4.78 is 6.79. The molecule has 29 heavy (non-hydrogen) atoms. The minimum atomic E-state index is -0.277. The van der Waals surface area contributed by atoms with Crippen molar-refractivity contribution in [1.29, 1.82) is 0 Å². The van der Waals surface area contributed by atoms with E-state index in [1.54, 1.807) is 18.2 Å². The highest BCUT2D eigenvalue weighted by atomic mass is 79.9. The molecule has 0 atom stereocenters. The summed E-state index contributed by atoms with van der Waals surface area (Å²) in [7, 11) is 0. The van der Waals surface area contributed by atoms with Crippen LogP contribution in [0, 0.1) is 20.8 Å². The number of hydrogen-bond acceptors (Lipinski definition) is 3. The van der Waals surface area contributed by atoms with Crippen molar-refractivity contribution in [2.24, 2.45) is 0 Å².